The number of nitrogens with two attached hydrogens (primary N) is 1. The zero-order valence-corrected chi connectivity index (χ0v) is 7.34. The Morgan fingerprint density at radius 3 is 2.44 bits per heavy atom. The van der Waals surface area contributed by atoms with Crippen LogP contribution in [-0.2, 0) is 4.79 Å². The van der Waals surface area contributed by atoms with Gasteiger partial charge < -0.3 is 5.73 Å². The number of primary amides is 1. The van der Waals surface area contributed by atoms with Crippen molar-refractivity contribution in [3.05, 3.63) is 0 Å². The average molecular weight is 145 g/mol. The molecule has 0 radical (unpaired) electrons. The van der Waals surface area contributed by atoms with Crippen LogP contribution in [0.4, 0.5) is 0 Å². The van der Waals surface area contributed by atoms with Crippen LogP contribution in [0, 0.1) is 0 Å². The maximum absolute atomic E-state index is 10.2. The molecule has 0 fully saturated rings. The Hall–Kier alpha value is -0.313. The molecule has 0 unspecified atom stereocenters. The van der Waals surface area contributed by atoms with E-state index in [1.807, 2.05) is 0 Å². The predicted molar refractivity (Wildman–Crippen MR) is 42.1 cm³/mol. The van der Waals surface area contributed by atoms with Crippen molar-refractivity contribution in [2.75, 3.05) is 0 Å². The lowest BCUT2D eigenvalue weighted by Crippen LogP contribution is -2.11. The summed E-state index contributed by atoms with van der Waals surface area (Å²) in [6, 6.07) is 1.24. The van der Waals surface area contributed by atoms with E-state index < -0.39 is 8.80 Å². The Kier molecular flexibility index (Phi) is 4.40. The zero-order chi connectivity index (χ0) is 7.28. The molecule has 0 aromatic carbocycles. The molecule has 0 aliphatic carbocycles. The van der Waals surface area contributed by atoms with Crippen molar-refractivity contribution in [1.82, 2.24) is 0 Å². The summed E-state index contributed by atoms with van der Waals surface area (Å²) in [6.07, 6.45) is 1.57. The van der Waals surface area contributed by atoms with Crippen molar-refractivity contribution in [2.24, 2.45) is 5.73 Å². The van der Waals surface area contributed by atoms with Crippen LogP contribution in [-0.4, -0.2) is 14.7 Å². The van der Waals surface area contributed by atoms with Crippen LogP contribution >= 0.6 is 0 Å². The van der Waals surface area contributed by atoms with E-state index in [0.29, 0.717) is 6.42 Å². The molecule has 1 amide bonds. The van der Waals surface area contributed by atoms with Crippen LogP contribution in [0.3, 0.4) is 0 Å². The van der Waals surface area contributed by atoms with Gasteiger partial charge in [-0.15, -0.1) is 0 Å². The van der Waals surface area contributed by atoms with Gasteiger partial charge in [0.05, 0.1) is 0 Å². The summed E-state index contributed by atoms with van der Waals surface area (Å²) in [5.74, 6) is -0.162. The third-order valence-corrected chi connectivity index (χ3v) is 2.77. The third-order valence-electron chi connectivity index (χ3n) is 1.20. The van der Waals surface area contributed by atoms with Crippen LogP contribution in [0.15, 0.2) is 0 Å². The molecule has 0 aliphatic rings. The lowest BCUT2D eigenvalue weighted by molar-refractivity contribution is -0.118. The van der Waals surface area contributed by atoms with Crippen molar-refractivity contribution >= 4 is 14.7 Å². The number of hydrogen-bond acceptors (Lipinski definition) is 1. The Morgan fingerprint density at radius 2 is 2.11 bits per heavy atom. The van der Waals surface area contributed by atoms with Crippen molar-refractivity contribution in [2.45, 2.75) is 32.0 Å². The first-order valence-corrected chi connectivity index (χ1v) is 6.54. The first kappa shape index (κ1) is 8.69. The highest BCUT2D eigenvalue weighted by molar-refractivity contribution is 6.55. The molecule has 2 nitrogen and oxygen atoms in total. The second-order valence-electron chi connectivity index (χ2n) is 2.75. The van der Waals surface area contributed by atoms with E-state index in [2.05, 4.69) is 13.1 Å². The molecular formula is C6H15NOSi. The highest BCUT2D eigenvalue weighted by Crippen LogP contribution is 1.99. The van der Waals surface area contributed by atoms with Gasteiger partial charge in [0, 0.05) is 15.2 Å². The number of carbonyl (C=O) groups is 1. The maximum atomic E-state index is 10.2. The summed E-state index contributed by atoms with van der Waals surface area (Å²) in [5, 5.41) is 0. The van der Waals surface area contributed by atoms with Crippen molar-refractivity contribution in [3.63, 3.8) is 0 Å². The van der Waals surface area contributed by atoms with E-state index in [1.54, 1.807) is 0 Å². The Bertz CT molecular complexity index is 93.1. The Morgan fingerprint density at radius 1 is 1.56 bits per heavy atom. The fraction of sp³-hybridized carbons (Fsp3) is 0.833. The van der Waals surface area contributed by atoms with Gasteiger partial charge in [-0.3, -0.25) is 4.79 Å². The maximum Gasteiger partial charge on any atom is 0.217 e. The van der Waals surface area contributed by atoms with E-state index in [-0.39, 0.29) is 5.91 Å². The molecule has 3 heteroatoms. The number of hydrogen-bond donors (Lipinski definition) is 1. The van der Waals surface area contributed by atoms with Crippen LogP contribution in [0.1, 0.15) is 12.8 Å². The normalized spacial score (nSPS) is 10.1. The molecule has 2 N–H and O–H groups in total. The summed E-state index contributed by atoms with van der Waals surface area (Å²) in [5.41, 5.74) is 4.96. The molecule has 0 atom stereocenters. The van der Waals surface area contributed by atoms with E-state index in [1.165, 1.54) is 6.04 Å². The van der Waals surface area contributed by atoms with E-state index >= 15 is 0 Å². The molecule has 0 heterocycles. The number of carbonyl (C=O) groups excluding carboxylic acids is 1. The van der Waals surface area contributed by atoms with Gasteiger partial charge in [0.15, 0.2) is 0 Å². The van der Waals surface area contributed by atoms with Crippen molar-refractivity contribution in [3.8, 4) is 0 Å². The quantitative estimate of drug-likeness (QED) is 0.582. The topological polar surface area (TPSA) is 43.1 Å². The molecular weight excluding hydrogens is 130 g/mol. The highest BCUT2D eigenvalue weighted by Gasteiger charge is 1.97. The van der Waals surface area contributed by atoms with Crippen LogP contribution in [0.2, 0.25) is 19.1 Å². The van der Waals surface area contributed by atoms with Crippen molar-refractivity contribution in [1.29, 1.82) is 0 Å². The Balaban J connectivity index is 3.01. The largest absolute Gasteiger partial charge is 0.370 e. The number of rotatable bonds is 4. The van der Waals surface area contributed by atoms with Gasteiger partial charge in [-0.2, -0.15) is 0 Å². The molecule has 0 spiro atoms. The van der Waals surface area contributed by atoms with Crippen LogP contribution in [0.25, 0.3) is 0 Å². The summed E-state index contributed by atoms with van der Waals surface area (Å²) in [4.78, 5) is 10.2. The van der Waals surface area contributed by atoms with Gasteiger partial charge in [0.25, 0.3) is 0 Å². The molecule has 9 heavy (non-hydrogen) atoms. The highest BCUT2D eigenvalue weighted by atomic mass is 28.3. The van der Waals surface area contributed by atoms with E-state index in [4.69, 9.17) is 5.73 Å². The molecule has 0 aromatic rings. The van der Waals surface area contributed by atoms with Gasteiger partial charge >= 0.3 is 0 Å². The monoisotopic (exact) mass is 145 g/mol. The molecule has 0 aromatic heterocycles. The van der Waals surface area contributed by atoms with Crippen LogP contribution < -0.4 is 5.73 Å². The molecule has 0 saturated carbocycles. The van der Waals surface area contributed by atoms with Crippen molar-refractivity contribution < 1.29 is 4.79 Å². The van der Waals surface area contributed by atoms with E-state index in [9.17, 15) is 4.79 Å². The summed E-state index contributed by atoms with van der Waals surface area (Å²) >= 11 is 0. The van der Waals surface area contributed by atoms with Gasteiger partial charge in [-0.1, -0.05) is 19.1 Å². The molecule has 54 valence electrons. The van der Waals surface area contributed by atoms with Gasteiger partial charge in [-0.25, -0.2) is 0 Å². The Labute approximate surface area is 58.0 Å². The zero-order valence-electron chi connectivity index (χ0n) is 6.18. The molecule has 0 bridgehead atoms. The van der Waals surface area contributed by atoms with Gasteiger partial charge in [0.2, 0.25) is 5.91 Å². The summed E-state index contributed by atoms with van der Waals surface area (Å²) in [6.45, 7) is 4.56. The molecule has 0 saturated heterocycles. The van der Waals surface area contributed by atoms with E-state index in [0.717, 1.165) is 6.42 Å². The lowest BCUT2D eigenvalue weighted by Gasteiger charge is -1.98. The predicted octanol–water partition coefficient (Wildman–Crippen LogP) is 0.739. The smallest absolute Gasteiger partial charge is 0.217 e. The summed E-state index contributed by atoms with van der Waals surface area (Å²) in [7, 11) is -0.437. The second kappa shape index (κ2) is 4.55. The standard InChI is InChI=1S/C6H15NOSi/c1-9(2)5-3-4-6(7)8/h9H,3-5H2,1-2H3,(H2,7,8). The second-order valence-corrected chi connectivity index (χ2v) is 6.12. The molecule has 0 aliphatic heterocycles. The van der Waals surface area contributed by atoms with Gasteiger partial charge in [-0.05, 0) is 6.42 Å². The number of amides is 1. The molecule has 0 rings (SSSR count). The minimum Gasteiger partial charge on any atom is -0.370 e. The third kappa shape index (κ3) is 7.69. The first-order valence-electron chi connectivity index (χ1n) is 3.41. The lowest BCUT2D eigenvalue weighted by atomic mass is 10.3. The average Bonchev–Trinajstić information content (AvgIpc) is 1.63. The minimum atomic E-state index is -0.437. The first-order chi connectivity index (χ1) is 4.13. The SMILES string of the molecule is C[SiH](C)CCCC(N)=O. The van der Waals surface area contributed by atoms with Gasteiger partial charge in [0.1, 0.15) is 0 Å². The fourth-order valence-electron chi connectivity index (χ4n) is 0.685. The van der Waals surface area contributed by atoms with Crippen LogP contribution in [0.5, 0.6) is 0 Å². The minimum absolute atomic E-state index is 0.162. The fourth-order valence-corrected chi connectivity index (χ4v) is 1.71. The summed E-state index contributed by atoms with van der Waals surface area (Å²) < 4.78 is 0.